The second kappa shape index (κ2) is 5.54. The lowest BCUT2D eigenvalue weighted by Crippen LogP contribution is -2.42. The Morgan fingerprint density at radius 1 is 1.35 bits per heavy atom. The lowest BCUT2D eigenvalue weighted by atomic mass is 9.90. The summed E-state index contributed by atoms with van der Waals surface area (Å²) in [5.41, 5.74) is 6.75. The number of thiophene rings is 1. The lowest BCUT2D eigenvalue weighted by molar-refractivity contribution is 0.0681. The Hall–Kier alpha value is -1.39. The molecule has 0 saturated carbocycles. The summed E-state index contributed by atoms with van der Waals surface area (Å²) in [7, 11) is 0. The predicted molar refractivity (Wildman–Crippen MR) is 84.1 cm³/mol. The van der Waals surface area contributed by atoms with Crippen LogP contribution in [0.3, 0.4) is 0 Å². The van der Waals surface area contributed by atoms with E-state index in [1.807, 2.05) is 23.1 Å². The maximum atomic E-state index is 12.5. The Labute approximate surface area is 123 Å². The molecule has 3 rings (SSSR count). The van der Waals surface area contributed by atoms with Crippen molar-refractivity contribution in [2.45, 2.75) is 25.8 Å². The molecular weight excluding hydrogens is 268 g/mol. The third-order valence-corrected chi connectivity index (χ3v) is 5.17. The molecule has 1 saturated heterocycles. The second-order valence-corrected chi connectivity index (χ2v) is 6.61. The summed E-state index contributed by atoms with van der Waals surface area (Å²) in [4.78, 5) is 14.5. The van der Waals surface area contributed by atoms with Crippen molar-refractivity contribution in [1.29, 1.82) is 0 Å². The van der Waals surface area contributed by atoms with Crippen molar-refractivity contribution in [2.75, 3.05) is 13.1 Å². The number of carbonyl (C=O) groups is 1. The molecule has 1 aliphatic heterocycles. The Morgan fingerprint density at radius 3 is 2.80 bits per heavy atom. The van der Waals surface area contributed by atoms with Crippen molar-refractivity contribution in [2.24, 2.45) is 11.7 Å². The fourth-order valence-corrected chi connectivity index (χ4v) is 3.68. The summed E-state index contributed by atoms with van der Waals surface area (Å²) in [6.07, 6.45) is 2.04. The van der Waals surface area contributed by atoms with E-state index >= 15 is 0 Å². The largest absolute Gasteiger partial charge is 0.339 e. The van der Waals surface area contributed by atoms with Gasteiger partial charge in [-0.05, 0) is 60.7 Å². The minimum atomic E-state index is 0.154. The van der Waals surface area contributed by atoms with Gasteiger partial charge in [0, 0.05) is 29.4 Å². The molecule has 1 fully saturated rings. The average molecular weight is 288 g/mol. The summed E-state index contributed by atoms with van der Waals surface area (Å²) >= 11 is 1.71. The van der Waals surface area contributed by atoms with E-state index in [0.717, 1.165) is 36.9 Å². The first kappa shape index (κ1) is 13.6. The quantitative estimate of drug-likeness (QED) is 0.923. The Balaban J connectivity index is 1.73. The molecule has 1 aromatic heterocycles. The van der Waals surface area contributed by atoms with Gasteiger partial charge in [-0.15, -0.1) is 11.3 Å². The van der Waals surface area contributed by atoms with Crippen LogP contribution in [-0.4, -0.2) is 29.9 Å². The van der Waals surface area contributed by atoms with Gasteiger partial charge in [0.05, 0.1) is 0 Å². The predicted octanol–water partition coefficient (Wildman–Crippen LogP) is 3.10. The summed E-state index contributed by atoms with van der Waals surface area (Å²) in [6.45, 7) is 3.71. The van der Waals surface area contributed by atoms with Crippen molar-refractivity contribution < 1.29 is 4.79 Å². The molecule has 1 atom stereocenters. The highest BCUT2D eigenvalue weighted by Gasteiger charge is 2.25. The van der Waals surface area contributed by atoms with E-state index in [1.54, 1.807) is 11.3 Å². The van der Waals surface area contributed by atoms with Gasteiger partial charge in [-0.1, -0.05) is 0 Å². The zero-order valence-electron chi connectivity index (χ0n) is 11.7. The molecule has 1 aromatic carbocycles. The van der Waals surface area contributed by atoms with Crippen LogP contribution in [0.5, 0.6) is 0 Å². The molecule has 0 bridgehead atoms. The van der Waals surface area contributed by atoms with Crippen molar-refractivity contribution in [3.63, 3.8) is 0 Å². The van der Waals surface area contributed by atoms with Crippen LogP contribution in [-0.2, 0) is 0 Å². The minimum Gasteiger partial charge on any atom is -0.339 e. The number of amides is 1. The van der Waals surface area contributed by atoms with Crippen LogP contribution in [0.4, 0.5) is 0 Å². The number of nitrogens with two attached hydrogens (primary N) is 1. The van der Waals surface area contributed by atoms with Crippen LogP contribution in [0.1, 0.15) is 30.1 Å². The smallest absolute Gasteiger partial charge is 0.253 e. The molecule has 20 heavy (non-hydrogen) atoms. The monoisotopic (exact) mass is 288 g/mol. The number of hydrogen-bond acceptors (Lipinski definition) is 3. The van der Waals surface area contributed by atoms with Gasteiger partial charge >= 0.3 is 0 Å². The molecule has 2 aromatic rings. The molecular formula is C16H20N2OS. The maximum absolute atomic E-state index is 12.5. The number of fused-ring (bicyclic) bond motifs is 1. The third-order valence-electron chi connectivity index (χ3n) is 4.27. The third kappa shape index (κ3) is 2.58. The highest BCUT2D eigenvalue weighted by Crippen LogP contribution is 2.24. The number of likely N-dealkylation sites (tertiary alicyclic amines) is 1. The van der Waals surface area contributed by atoms with Crippen LogP contribution >= 0.6 is 11.3 Å². The summed E-state index contributed by atoms with van der Waals surface area (Å²) in [5.74, 6) is 0.708. The first-order valence-electron chi connectivity index (χ1n) is 7.17. The Bertz CT molecular complexity index is 612. The molecule has 106 valence electrons. The standard InChI is InChI=1S/C16H20N2OS/c1-11(17)12-4-7-18(8-5-12)16(19)14-2-3-15-13(10-14)6-9-20-15/h2-3,6,9-12H,4-5,7-8,17H2,1H3. The summed E-state index contributed by atoms with van der Waals surface area (Å²) < 4.78 is 1.23. The van der Waals surface area contributed by atoms with E-state index in [0.29, 0.717) is 5.92 Å². The number of piperidine rings is 1. The second-order valence-electron chi connectivity index (χ2n) is 5.66. The lowest BCUT2D eigenvalue weighted by Gasteiger charge is -2.33. The van der Waals surface area contributed by atoms with Gasteiger partial charge in [0.25, 0.3) is 5.91 Å². The van der Waals surface area contributed by atoms with Crippen molar-refractivity contribution in [3.05, 3.63) is 35.2 Å². The van der Waals surface area contributed by atoms with Crippen molar-refractivity contribution in [1.82, 2.24) is 4.90 Å². The van der Waals surface area contributed by atoms with E-state index in [9.17, 15) is 4.79 Å². The molecule has 3 nitrogen and oxygen atoms in total. The zero-order chi connectivity index (χ0) is 14.1. The zero-order valence-corrected chi connectivity index (χ0v) is 12.5. The number of hydrogen-bond donors (Lipinski definition) is 1. The summed E-state index contributed by atoms with van der Waals surface area (Å²) in [5, 5.41) is 3.22. The molecule has 4 heteroatoms. The van der Waals surface area contributed by atoms with Gasteiger partial charge in [0.15, 0.2) is 0 Å². The minimum absolute atomic E-state index is 0.154. The molecule has 2 heterocycles. The SMILES string of the molecule is CC(N)C1CCN(C(=O)c2ccc3sccc3c2)CC1. The van der Waals surface area contributed by atoms with Crippen LogP contribution < -0.4 is 5.73 Å². The molecule has 1 unspecified atom stereocenters. The van der Waals surface area contributed by atoms with Gasteiger partial charge < -0.3 is 10.6 Å². The molecule has 0 radical (unpaired) electrons. The molecule has 2 N–H and O–H groups in total. The number of rotatable bonds is 2. The van der Waals surface area contributed by atoms with Crippen LogP contribution in [0.25, 0.3) is 10.1 Å². The fourth-order valence-electron chi connectivity index (χ4n) is 2.91. The normalized spacial score (nSPS) is 18.4. The molecule has 0 spiro atoms. The Kier molecular flexibility index (Phi) is 3.76. The molecule has 1 aliphatic rings. The first-order valence-corrected chi connectivity index (χ1v) is 8.05. The number of benzene rings is 1. The fraction of sp³-hybridized carbons (Fsp3) is 0.438. The van der Waals surface area contributed by atoms with E-state index in [2.05, 4.69) is 18.4 Å². The molecule has 0 aliphatic carbocycles. The highest BCUT2D eigenvalue weighted by molar-refractivity contribution is 7.17. The van der Waals surface area contributed by atoms with E-state index < -0.39 is 0 Å². The van der Waals surface area contributed by atoms with E-state index in [-0.39, 0.29) is 11.9 Å². The molecule has 1 amide bonds. The van der Waals surface area contributed by atoms with Crippen LogP contribution in [0.15, 0.2) is 29.6 Å². The first-order chi connectivity index (χ1) is 9.65. The van der Waals surface area contributed by atoms with Crippen molar-refractivity contribution in [3.8, 4) is 0 Å². The van der Waals surface area contributed by atoms with Gasteiger partial charge in [-0.25, -0.2) is 0 Å². The van der Waals surface area contributed by atoms with E-state index in [1.165, 1.54) is 4.70 Å². The van der Waals surface area contributed by atoms with Gasteiger partial charge in [0.1, 0.15) is 0 Å². The van der Waals surface area contributed by atoms with Crippen LogP contribution in [0.2, 0.25) is 0 Å². The number of nitrogens with zero attached hydrogens (tertiary/aromatic N) is 1. The highest BCUT2D eigenvalue weighted by atomic mass is 32.1. The van der Waals surface area contributed by atoms with E-state index in [4.69, 9.17) is 5.73 Å². The number of carbonyl (C=O) groups excluding carboxylic acids is 1. The topological polar surface area (TPSA) is 46.3 Å². The van der Waals surface area contributed by atoms with Crippen LogP contribution in [0, 0.1) is 5.92 Å². The van der Waals surface area contributed by atoms with Gasteiger partial charge in [0.2, 0.25) is 0 Å². The van der Waals surface area contributed by atoms with Gasteiger partial charge in [-0.2, -0.15) is 0 Å². The van der Waals surface area contributed by atoms with Gasteiger partial charge in [-0.3, -0.25) is 4.79 Å². The maximum Gasteiger partial charge on any atom is 0.253 e. The van der Waals surface area contributed by atoms with Crippen molar-refractivity contribution >= 4 is 27.3 Å². The summed E-state index contributed by atoms with van der Waals surface area (Å²) in [6, 6.07) is 8.29. The average Bonchev–Trinajstić information content (AvgIpc) is 2.94. The Morgan fingerprint density at radius 2 is 2.10 bits per heavy atom.